The van der Waals surface area contributed by atoms with Crippen LogP contribution in [0.25, 0.3) is 0 Å². The quantitative estimate of drug-likeness (QED) is 0.829. The topological polar surface area (TPSA) is 55.4 Å². The zero-order valence-electron chi connectivity index (χ0n) is 12.2. The Labute approximate surface area is 114 Å². The largest absolute Gasteiger partial charge is 0.496 e. The van der Waals surface area contributed by atoms with E-state index in [-0.39, 0.29) is 18.1 Å². The smallest absolute Gasteiger partial charge is 0.227 e. The van der Waals surface area contributed by atoms with Gasteiger partial charge >= 0.3 is 0 Å². The molecule has 4 nitrogen and oxygen atoms in total. The average Bonchev–Trinajstić information content (AvgIpc) is 2.32. The molecular weight excluding hydrogens is 242 g/mol. The highest BCUT2D eigenvalue weighted by Crippen LogP contribution is 2.27. The highest BCUT2D eigenvalue weighted by molar-refractivity contribution is 5.96. The number of carbonyl (C=O) groups excluding carboxylic acids is 2. The van der Waals surface area contributed by atoms with Crippen LogP contribution in [-0.2, 0) is 16.1 Å². The van der Waals surface area contributed by atoms with Gasteiger partial charge in [0.1, 0.15) is 11.5 Å². The molecule has 1 aromatic carbocycles. The maximum atomic E-state index is 11.5. The first-order chi connectivity index (χ1) is 8.86. The van der Waals surface area contributed by atoms with Crippen LogP contribution in [0.2, 0.25) is 0 Å². The molecule has 0 bridgehead atoms. The van der Waals surface area contributed by atoms with Gasteiger partial charge in [0.25, 0.3) is 0 Å². The van der Waals surface area contributed by atoms with Gasteiger partial charge in [-0.15, -0.1) is 0 Å². The van der Waals surface area contributed by atoms with Crippen molar-refractivity contribution in [3.8, 4) is 5.75 Å². The number of benzene rings is 1. The van der Waals surface area contributed by atoms with Crippen molar-refractivity contribution in [2.75, 3.05) is 7.11 Å². The van der Waals surface area contributed by atoms with E-state index in [9.17, 15) is 9.59 Å². The number of amides is 1. The third-order valence-electron chi connectivity index (χ3n) is 3.30. The maximum absolute atomic E-state index is 11.5. The summed E-state index contributed by atoms with van der Waals surface area (Å²) in [5, 5.41) is 2.78. The molecule has 1 aromatic rings. The van der Waals surface area contributed by atoms with Crippen LogP contribution in [0.3, 0.4) is 0 Å². The molecule has 0 spiro atoms. The third kappa shape index (κ3) is 3.81. The predicted octanol–water partition coefficient (Wildman–Crippen LogP) is 2.22. The first-order valence-corrected chi connectivity index (χ1v) is 6.26. The number of methoxy groups -OCH3 is 1. The van der Waals surface area contributed by atoms with Crippen molar-refractivity contribution in [1.82, 2.24) is 5.32 Å². The molecule has 0 aliphatic heterocycles. The lowest BCUT2D eigenvalue weighted by atomic mass is 9.97. The lowest BCUT2D eigenvalue weighted by Crippen LogP contribution is -2.25. The van der Waals surface area contributed by atoms with E-state index in [0.717, 1.165) is 28.0 Å². The fraction of sp³-hybridized carbons (Fsp3) is 0.467. The minimum atomic E-state index is -0.236. The summed E-state index contributed by atoms with van der Waals surface area (Å²) in [4.78, 5) is 22.4. The first kappa shape index (κ1) is 15.2. The highest BCUT2D eigenvalue weighted by Gasteiger charge is 2.12. The van der Waals surface area contributed by atoms with E-state index in [1.165, 1.54) is 6.92 Å². The molecule has 0 fully saturated rings. The fourth-order valence-corrected chi connectivity index (χ4v) is 2.06. The molecule has 104 valence electrons. The Morgan fingerprint density at radius 2 is 1.84 bits per heavy atom. The molecule has 1 N–H and O–H groups in total. The van der Waals surface area contributed by atoms with Crippen molar-refractivity contribution in [3.63, 3.8) is 0 Å². The molecule has 4 heteroatoms. The molecule has 19 heavy (non-hydrogen) atoms. The van der Waals surface area contributed by atoms with E-state index in [0.29, 0.717) is 6.54 Å². The number of ether oxygens (including phenoxy) is 1. The van der Waals surface area contributed by atoms with Gasteiger partial charge in [-0.1, -0.05) is 0 Å². The number of carbonyl (C=O) groups is 2. The molecule has 0 radical (unpaired) electrons. The van der Waals surface area contributed by atoms with Gasteiger partial charge in [-0.05, 0) is 56.0 Å². The standard InChI is InChI=1S/C15H21NO3/c1-9-6-14(19-5)12(4)11(3)13(9)8-16-15(18)7-10(2)17/h6H,7-8H2,1-5H3,(H,16,18). The molecule has 0 heterocycles. The molecule has 0 aliphatic carbocycles. The van der Waals surface area contributed by atoms with E-state index in [1.54, 1.807) is 7.11 Å². The summed E-state index contributed by atoms with van der Waals surface area (Å²) in [5.74, 6) is 0.491. The van der Waals surface area contributed by atoms with Crippen LogP contribution in [0.4, 0.5) is 0 Å². The maximum Gasteiger partial charge on any atom is 0.227 e. The SMILES string of the molecule is COc1cc(C)c(CNC(=O)CC(C)=O)c(C)c1C. The minimum Gasteiger partial charge on any atom is -0.496 e. The molecule has 0 unspecified atom stereocenters. The van der Waals surface area contributed by atoms with Gasteiger partial charge in [-0.3, -0.25) is 9.59 Å². The van der Waals surface area contributed by atoms with Crippen LogP contribution < -0.4 is 10.1 Å². The first-order valence-electron chi connectivity index (χ1n) is 6.26. The normalized spacial score (nSPS) is 10.2. The number of Topliss-reactive ketones (excluding diaryl/α,β-unsaturated/α-hetero) is 1. The van der Waals surface area contributed by atoms with Crippen molar-refractivity contribution in [1.29, 1.82) is 0 Å². The highest BCUT2D eigenvalue weighted by atomic mass is 16.5. The van der Waals surface area contributed by atoms with Crippen LogP contribution in [0.15, 0.2) is 6.07 Å². The van der Waals surface area contributed by atoms with Crippen molar-refractivity contribution >= 4 is 11.7 Å². The molecular formula is C15H21NO3. The van der Waals surface area contributed by atoms with Gasteiger partial charge in [0.2, 0.25) is 5.91 Å². The molecule has 0 saturated carbocycles. The summed E-state index contributed by atoms with van der Waals surface area (Å²) < 4.78 is 5.31. The Balaban J connectivity index is 2.87. The number of hydrogen-bond acceptors (Lipinski definition) is 3. The van der Waals surface area contributed by atoms with E-state index >= 15 is 0 Å². The van der Waals surface area contributed by atoms with Crippen LogP contribution in [0, 0.1) is 20.8 Å². The number of hydrogen-bond donors (Lipinski definition) is 1. The minimum absolute atomic E-state index is 0.0623. The van der Waals surface area contributed by atoms with Gasteiger partial charge < -0.3 is 10.1 Å². The lowest BCUT2D eigenvalue weighted by Gasteiger charge is -2.16. The second-order valence-electron chi connectivity index (χ2n) is 4.78. The van der Waals surface area contributed by atoms with Crippen molar-refractivity contribution < 1.29 is 14.3 Å². The fourth-order valence-electron chi connectivity index (χ4n) is 2.06. The zero-order chi connectivity index (χ0) is 14.6. The second kappa shape index (κ2) is 6.36. The van der Waals surface area contributed by atoms with Gasteiger partial charge in [0, 0.05) is 6.54 Å². The molecule has 0 atom stereocenters. The summed E-state index contributed by atoms with van der Waals surface area (Å²) in [7, 11) is 1.65. The zero-order valence-corrected chi connectivity index (χ0v) is 12.2. The summed E-state index contributed by atoms with van der Waals surface area (Å²) in [6.45, 7) is 7.84. The Morgan fingerprint density at radius 3 is 2.37 bits per heavy atom. The van der Waals surface area contributed by atoms with Crippen molar-refractivity contribution in [2.24, 2.45) is 0 Å². The molecule has 1 rings (SSSR count). The van der Waals surface area contributed by atoms with Gasteiger partial charge in [0.15, 0.2) is 0 Å². The number of rotatable bonds is 5. The monoisotopic (exact) mass is 263 g/mol. The molecule has 0 saturated heterocycles. The third-order valence-corrected chi connectivity index (χ3v) is 3.30. The number of nitrogens with one attached hydrogen (secondary N) is 1. The van der Waals surface area contributed by atoms with E-state index in [4.69, 9.17) is 4.74 Å². The van der Waals surface area contributed by atoms with Gasteiger partial charge in [-0.2, -0.15) is 0 Å². The van der Waals surface area contributed by atoms with E-state index in [1.807, 2.05) is 26.8 Å². The average molecular weight is 263 g/mol. The second-order valence-corrected chi connectivity index (χ2v) is 4.78. The van der Waals surface area contributed by atoms with E-state index in [2.05, 4.69) is 5.32 Å². The Bertz CT molecular complexity index is 507. The summed E-state index contributed by atoms with van der Waals surface area (Å²) in [6.07, 6.45) is -0.0623. The van der Waals surface area contributed by atoms with Crippen molar-refractivity contribution in [2.45, 2.75) is 40.7 Å². The van der Waals surface area contributed by atoms with Crippen LogP contribution in [0.5, 0.6) is 5.75 Å². The predicted molar refractivity (Wildman–Crippen MR) is 74.3 cm³/mol. The van der Waals surface area contributed by atoms with Crippen LogP contribution >= 0.6 is 0 Å². The van der Waals surface area contributed by atoms with Crippen molar-refractivity contribution in [3.05, 3.63) is 28.3 Å². The van der Waals surface area contributed by atoms with Crippen LogP contribution in [0.1, 0.15) is 35.6 Å². The summed E-state index contributed by atoms with van der Waals surface area (Å²) in [6, 6.07) is 1.97. The number of ketones is 1. The molecule has 0 aliphatic rings. The lowest BCUT2D eigenvalue weighted by molar-refractivity contribution is -0.127. The Kier molecular flexibility index (Phi) is 5.10. The summed E-state index contributed by atoms with van der Waals surface area (Å²) in [5.41, 5.74) is 4.34. The van der Waals surface area contributed by atoms with E-state index < -0.39 is 0 Å². The molecule has 0 aromatic heterocycles. The van der Waals surface area contributed by atoms with Gasteiger partial charge in [0.05, 0.1) is 13.5 Å². The molecule has 1 amide bonds. The number of aryl methyl sites for hydroxylation is 1. The Hall–Kier alpha value is -1.84. The van der Waals surface area contributed by atoms with Gasteiger partial charge in [-0.25, -0.2) is 0 Å². The van der Waals surface area contributed by atoms with Crippen LogP contribution in [-0.4, -0.2) is 18.8 Å². The Morgan fingerprint density at radius 1 is 1.21 bits per heavy atom. The summed E-state index contributed by atoms with van der Waals surface area (Å²) >= 11 is 0.